The quantitative estimate of drug-likeness (QED) is 0.0200. The summed E-state index contributed by atoms with van der Waals surface area (Å²) < 4.78 is 16.6. The van der Waals surface area contributed by atoms with Crippen molar-refractivity contribution in [3.8, 4) is 34.1 Å². The molecule has 3 saturated heterocycles. The molecular weight excluding hydrogens is 1500 g/mol. The largest absolute Gasteiger partial charge is 0.504 e. The maximum atomic E-state index is 11.3. The maximum absolute atomic E-state index is 11.3. The molecule has 1 spiro atoms. The third-order valence-corrected chi connectivity index (χ3v) is 25.7. The number of aromatic carboxylic acids is 2. The minimum atomic E-state index is -1.11. The van der Waals surface area contributed by atoms with Crippen molar-refractivity contribution < 1.29 is 69.4 Å². The van der Waals surface area contributed by atoms with Gasteiger partial charge in [-0.05, 0) is 233 Å². The first-order chi connectivity index (χ1) is 55.7. The van der Waals surface area contributed by atoms with E-state index in [9.17, 15) is 50.1 Å². The molecule has 610 valence electrons. The molecule has 7 heterocycles. The van der Waals surface area contributed by atoms with Crippen LogP contribution in [0.5, 0.6) is 23.0 Å². The summed E-state index contributed by atoms with van der Waals surface area (Å²) >= 11 is 12.1. The molecule has 2 aromatic heterocycles. The van der Waals surface area contributed by atoms with Gasteiger partial charge in [-0.2, -0.15) is 9.97 Å². The summed E-state index contributed by atoms with van der Waals surface area (Å²) in [7, 11) is 3.99. The SMILES string of the molecule is CC(=O)Oc1ccccc1C(=O)O.CN1CC[C@]23c4c5ccc(O)c4OC2C(O)C=C[C@H]3[C@H]1C5.COc1ccc(-c2ccc3cc(C(=O)O)ccc3c2)cc1C12CC3CC(CC(C3)C1)C2.Clc1cccc(Cl)c1CC1=NCCC1.OCCN(CCO)c1nc(N2CCCCC2)c2nc(N(CCO)CCO)nc(N3CCCCC3)c2n1. The predicted molar refractivity (Wildman–Crippen MR) is 447 cm³/mol. The van der Waals surface area contributed by atoms with Crippen LogP contribution in [0.2, 0.25) is 10.0 Å². The number of carboxylic acid groups (broad SMARTS) is 2. The molecule has 2 unspecified atom stereocenters. The molecule has 8 N–H and O–H groups in total. The molecule has 0 radical (unpaired) electrons. The van der Waals surface area contributed by atoms with E-state index in [-0.39, 0.29) is 60.4 Å². The van der Waals surface area contributed by atoms with Crippen molar-refractivity contribution in [3.05, 3.63) is 165 Å². The maximum Gasteiger partial charge on any atom is 0.339 e. The van der Waals surface area contributed by atoms with E-state index in [0.717, 1.165) is 159 Å². The number of benzene rings is 6. The second-order valence-electron chi connectivity index (χ2n) is 32.3. The predicted octanol–water partition coefficient (Wildman–Crippen LogP) is 12.9. The van der Waals surface area contributed by atoms with Gasteiger partial charge in [0.05, 0.1) is 39.1 Å². The Kier molecular flexibility index (Phi) is 26.1. The second-order valence-corrected chi connectivity index (χ2v) is 33.1. The Morgan fingerprint density at radius 1 is 0.635 bits per heavy atom. The number of carbonyl (C=O) groups is 3. The number of piperidine rings is 3. The third kappa shape index (κ3) is 17.6. The Morgan fingerprint density at radius 3 is 1.77 bits per heavy atom. The lowest BCUT2D eigenvalue weighted by molar-refractivity contribution is -0.131. The first-order valence-corrected chi connectivity index (χ1v) is 41.5. The molecule has 6 bridgehead atoms. The molecular formula is C89H106Cl2N10O14. The number of para-hydroxylation sites is 1. The normalized spacial score (nSPS) is 23.7. The zero-order valence-electron chi connectivity index (χ0n) is 65.8. The smallest absolute Gasteiger partial charge is 0.339 e. The van der Waals surface area contributed by atoms with Crippen molar-refractivity contribution in [3.63, 3.8) is 0 Å². The molecule has 11 aliphatic rings. The molecule has 6 aromatic carbocycles. The van der Waals surface area contributed by atoms with Crippen molar-refractivity contribution >= 4 is 92.2 Å². The van der Waals surface area contributed by atoms with Gasteiger partial charge in [0, 0.05) is 117 Å². The van der Waals surface area contributed by atoms with Crippen LogP contribution >= 0.6 is 23.2 Å². The van der Waals surface area contributed by atoms with Gasteiger partial charge in [0.25, 0.3) is 0 Å². The molecule has 5 atom stereocenters. The number of phenolic OH excluding ortho intramolecular Hbond substituents is 1. The molecule has 8 aromatic rings. The van der Waals surface area contributed by atoms with Gasteiger partial charge < -0.3 is 79.6 Å². The van der Waals surface area contributed by atoms with Crippen molar-refractivity contribution in [2.75, 3.05) is 126 Å². The van der Waals surface area contributed by atoms with Crippen LogP contribution in [-0.4, -0.2) is 214 Å². The molecule has 19 rings (SSSR count). The number of carboxylic acids is 2. The number of aromatic nitrogens is 4. The standard InChI is InChI=1S/C28H28O3.C24H40N8O4.C17H19NO3.C11H11Cl2N.C9H8O4/c1-31-26-7-6-23(21-2-3-22-12-24(27(29)30)5-4-20(22)11-21)13-25(26)28-14-17-8-18(15-28)10-19(9-17)16-28;33-15-11-31(12-16-34)23-26-20-19(21(27-23)29-7-3-1-4-8-29)25-24(32(13-17-35)14-18-36)28-22(20)30-9-5-2-6-10-30;1-18-7-6-17-10-3-5-13(20)16(17)21-15-12(19)4-2-9(14(15)17)8-11(10)18;12-10-4-1-5-11(13)9(10)7-8-3-2-6-14-8;1-6(10)13-8-5-3-2-4-7(8)9(11)12/h2-7,11-13,17-19H,8-10,14-16H2,1H3,(H,29,30);33-36H,1-18H2;2-5,10-11,13,16,19-20H,6-8H2,1H3;1,4-5H,2-3,6-7H2;2-5H,1H3,(H,11,12)/t;;10-,11+,13?,16?,17-;;/m..0../s1. The number of hydrogen-bond acceptors (Lipinski definition) is 22. The zero-order valence-corrected chi connectivity index (χ0v) is 67.3. The van der Waals surface area contributed by atoms with Crippen LogP contribution in [0, 0.1) is 23.7 Å². The fourth-order valence-corrected chi connectivity index (χ4v) is 20.6. The number of aliphatic imine (C=N–C) groups is 1. The minimum absolute atomic E-state index is 0.0160. The molecule has 115 heavy (non-hydrogen) atoms. The monoisotopic (exact) mass is 1610 g/mol. The molecule has 5 aliphatic heterocycles. The van der Waals surface area contributed by atoms with E-state index in [1.807, 2.05) is 42.5 Å². The zero-order chi connectivity index (χ0) is 80.7. The number of phenols is 1. The average molecular weight is 1610 g/mol. The Morgan fingerprint density at radius 2 is 1.21 bits per heavy atom. The first kappa shape index (κ1) is 82.3. The van der Waals surface area contributed by atoms with Crippen LogP contribution < -0.4 is 33.8 Å². The fraction of sp³-hybridized carbons (Fsp3) is 0.483. The van der Waals surface area contributed by atoms with E-state index in [0.29, 0.717) is 72.4 Å². The van der Waals surface area contributed by atoms with Gasteiger partial charge in [-0.1, -0.05) is 83.9 Å². The lowest BCUT2D eigenvalue weighted by atomic mass is 9.48. The van der Waals surface area contributed by atoms with Crippen LogP contribution in [0.15, 0.2) is 126 Å². The molecule has 26 heteroatoms. The lowest BCUT2D eigenvalue weighted by Gasteiger charge is -2.57. The Hall–Kier alpha value is -9.24. The van der Waals surface area contributed by atoms with Crippen LogP contribution in [0.3, 0.4) is 0 Å². The Bertz CT molecular complexity index is 4760. The van der Waals surface area contributed by atoms with Crippen LogP contribution in [0.25, 0.3) is 32.9 Å². The van der Waals surface area contributed by atoms with Crippen molar-refractivity contribution in [2.24, 2.45) is 28.7 Å². The van der Waals surface area contributed by atoms with Gasteiger partial charge in [0.1, 0.15) is 40.3 Å². The summed E-state index contributed by atoms with van der Waals surface area (Å²) in [6, 6.07) is 34.2. The topological polar surface area (TPSA) is 321 Å². The number of likely N-dealkylation sites (N-methyl/N-ethyl adjacent to an activating group) is 1. The molecule has 0 amide bonds. The van der Waals surface area contributed by atoms with Crippen LogP contribution in [-0.2, 0) is 28.5 Å². The van der Waals surface area contributed by atoms with E-state index in [2.05, 4.69) is 67.9 Å². The highest BCUT2D eigenvalue weighted by molar-refractivity contribution is 6.36. The number of aliphatic hydroxyl groups is 5. The number of ether oxygens (including phenoxy) is 3. The summed E-state index contributed by atoms with van der Waals surface area (Å²) in [5, 5.41) is 80.7. The van der Waals surface area contributed by atoms with Gasteiger partial charge in [-0.15, -0.1) is 0 Å². The van der Waals surface area contributed by atoms with E-state index < -0.39 is 24.0 Å². The number of fused-ring (bicyclic) bond motifs is 2. The van der Waals surface area contributed by atoms with Gasteiger partial charge in [0.2, 0.25) is 11.9 Å². The molecule has 7 fully saturated rings. The number of methoxy groups -OCH3 is 1. The number of esters is 1. The summed E-state index contributed by atoms with van der Waals surface area (Å²) in [5.74, 6) is 4.79. The van der Waals surface area contributed by atoms with E-state index in [4.69, 9.17) is 57.7 Å². The molecule has 4 saturated carbocycles. The highest BCUT2D eigenvalue weighted by Gasteiger charge is 2.64. The average Bonchev–Trinajstić information content (AvgIpc) is 1.55. The van der Waals surface area contributed by atoms with Crippen molar-refractivity contribution in [1.82, 2.24) is 24.8 Å². The third-order valence-electron chi connectivity index (χ3n) is 25.0. The number of aliphatic hydroxyl groups excluding tert-OH is 5. The summed E-state index contributed by atoms with van der Waals surface area (Å²) in [5.41, 5.74) is 10.2. The minimum Gasteiger partial charge on any atom is -0.504 e. The summed E-state index contributed by atoms with van der Waals surface area (Å²) in [6.45, 7) is 7.57. The number of nitrogens with zero attached hydrogens (tertiary/aromatic N) is 10. The summed E-state index contributed by atoms with van der Waals surface area (Å²) in [6.07, 6.45) is 23.1. The van der Waals surface area contributed by atoms with Crippen molar-refractivity contribution in [1.29, 1.82) is 0 Å². The Labute approximate surface area is 681 Å². The van der Waals surface area contributed by atoms with Gasteiger partial charge in [0.15, 0.2) is 23.1 Å². The van der Waals surface area contributed by atoms with Crippen molar-refractivity contribution in [2.45, 2.75) is 145 Å². The molecule has 6 aliphatic carbocycles. The van der Waals surface area contributed by atoms with Crippen LogP contribution in [0.4, 0.5) is 23.5 Å². The number of carbonyl (C=O) groups excluding carboxylic acids is 1. The number of rotatable bonds is 20. The van der Waals surface area contributed by atoms with Gasteiger partial charge in [-0.25, -0.2) is 19.6 Å². The Balaban J connectivity index is 0.000000125. The summed E-state index contributed by atoms with van der Waals surface area (Å²) in [4.78, 5) is 67.1. The number of likely N-dealkylation sites (tertiary alicyclic amines) is 1. The number of aromatic hydroxyl groups is 1. The number of hydrogen-bond donors (Lipinski definition) is 8. The fourth-order valence-electron chi connectivity index (χ4n) is 20.1. The van der Waals surface area contributed by atoms with E-state index >= 15 is 0 Å². The highest BCUT2D eigenvalue weighted by Crippen LogP contribution is 2.64. The van der Waals surface area contributed by atoms with Gasteiger partial charge >= 0.3 is 17.9 Å². The van der Waals surface area contributed by atoms with E-state index in [1.54, 1.807) is 47.2 Å². The van der Waals surface area contributed by atoms with Gasteiger partial charge in [-0.3, -0.25) is 9.79 Å². The lowest BCUT2D eigenvalue weighted by Crippen LogP contribution is -2.64. The van der Waals surface area contributed by atoms with Crippen LogP contribution in [0.1, 0.15) is 146 Å². The first-order valence-electron chi connectivity index (χ1n) is 40.8. The second kappa shape index (κ2) is 36.5. The number of anilines is 4. The molecule has 24 nitrogen and oxygen atoms in total. The highest BCUT2D eigenvalue weighted by atomic mass is 35.5. The van der Waals surface area contributed by atoms with E-state index in [1.165, 1.54) is 104 Å². The number of halogens is 2.